The van der Waals surface area contributed by atoms with Crippen molar-refractivity contribution < 1.29 is 14.6 Å². The summed E-state index contributed by atoms with van der Waals surface area (Å²) in [5.41, 5.74) is 0.434. The number of ether oxygens (including phenoxy) is 1. The predicted molar refractivity (Wildman–Crippen MR) is 96.8 cm³/mol. The number of aromatic nitrogens is 3. The van der Waals surface area contributed by atoms with Crippen molar-refractivity contribution in [2.45, 2.75) is 45.3 Å². The molecule has 0 radical (unpaired) electrons. The number of likely N-dealkylation sites (tertiary alicyclic amines) is 1. The topological polar surface area (TPSA) is 80.5 Å². The van der Waals surface area contributed by atoms with Gasteiger partial charge in [0, 0.05) is 12.6 Å². The number of nitrogens with zero attached hydrogens (tertiary/aromatic N) is 4. The maximum absolute atomic E-state index is 12.5. The maximum atomic E-state index is 12.5. The van der Waals surface area contributed by atoms with Gasteiger partial charge in [0.2, 0.25) is 0 Å². The van der Waals surface area contributed by atoms with Crippen molar-refractivity contribution in [1.29, 1.82) is 0 Å². The molecule has 1 saturated heterocycles. The molecule has 2 heterocycles. The van der Waals surface area contributed by atoms with E-state index in [1.165, 1.54) is 0 Å². The number of carbonyl (C=O) groups excluding carboxylic acids is 1. The summed E-state index contributed by atoms with van der Waals surface area (Å²) in [6.07, 6.45) is 3.04. The molecule has 7 heteroatoms. The lowest BCUT2D eigenvalue weighted by Gasteiger charge is -2.37. The van der Waals surface area contributed by atoms with E-state index in [1.54, 1.807) is 15.8 Å². The highest BCUT2D eigenvalue weighted by Gasteiger charge is 2.39. The number of amides is 1. The van der Waals surface area contributed by atoms with Crippen molar-refractivity contribution in [3.8, 4) is 5.75 Å². The van der Waals surface area contributed by atoms with Crippen LogP contribution in [0.4, 0.5) is 0 Å². The Kier molecular flexibility index (Phi) is 5.27. The average molecular weight is 358 g/mol. The molecule has 2 aromatic rings. The van der Waals surface area contributed by atoms with Crippen molar-refractivity contribution in [2.75, 3.05) is 19.7 Å². The molecule has 1 aromatic heterocycles. The van der Waals surface area contributed by atoms with Crippen LogP contribution in [0.15, 0.2) is 30.5 Å². The molecular formula is C19H26N4O3. The normalized spacial score (nSPS) is 20.4. The van der Waals surface area contributed by atoms with Crippen molar-refractivity contribution in [1.82, 2.24) is 19.9 Å². The number of piperidine rings is 1. The summed E-state index contributed by atoms with van der Waals surface area (Å²) in [5.74, 6) is 0.534. The van der Waals surface area contributed by atoms with E-state index in [-0.39, 0.29) is 25.1 Å². The molecule has 0 saturated carbocycles. The summed E-state index contributed by atoms with van der Waals surface area (Å²) >= 11 is 0. The lowest BCUT2D eigenvalue weighted by atomic mass is 9.90. The third-order valence-electron chi connectivity index (χ3n) is 4.69. The Labute approximate surface area is 153 Å². The van der Waals surface area contributed by atoms with Crippen LogP contribution in [0.25, 0.3) is 0 Å². The molecule has 3 rings (SSSR count). The molecule has 1 amide bonds. The molecule has 1 aliphatic heterocycles. The van der Waals surface area contributed by atoms with Gasteiger partial charge in [0.15, 0.2) is 6.61 Å². The molecule has 1 N–H and O–H groups in total. The van der Waals surface area contributed by atoms with Crippen molar-refractivity contribution in [3.63, 3.8) is 0 Å². The highest BCUT2D eigenvalue weighted by molar-refractivity contribution is 5.78. The Morgan fingerprint density at radius 1 is 1.42 bits per heavy atom. The summed E-state index contributed by atoms with van der Waals surface area (Å²) in [6.45, 7) is 6.75. The number of rotatable bonds is 5. The number of carbonyl (C=O) groups is 1. The minimum Gasteiger partial charge on any atom is -0.484 e. The zero-order valence-electron chi connectivity index (χ0n) is 15.6. The van der Waals surface area contributed by atoms with Gasteiger partial charge in [-0.2, -0.15) is 0 Å². The Balaban J connectivity index is 1.64. The second-order valence-electron chi connectivity index (χ2n) is 7.23. The Morgan fingerprint density at radius 3 is 2.92 bits per heavy atom. The third-order valence-corrected chi connectivity index (χ3v) is 4.69. The van der Waals surface area contributed by atoms with E-state index in [0.717, 1.165) is 5.56 Å². The van der Waals surface area contributed by atoms with Crippen molar-refractivity contribution >= 4 is 5.91 Å². The molecule has 1 fully saturated rings. The van der Waals surface area contributed by atoms with Crippen LogP contribution in [-0.4, -0.2) is 50.6 Å². The minimum absolute atomic E-state index is 0.0434. The zero-order chi connectivity index (χ0) is 18.7. The Bertz CT molecular complexity index is 774. The van der Waals surface area contributed by atoms with E-state index < -0.39 is 5.60 Å². The Hall–Kier alpha value is -2.41. The SMILES string of the molecule is Cc1cccc(OCC(=O)N2CCCC(O)(c3cn(C(C)C)nn3)C2)c1. The molecule has 0 bridgehead atoms. The van der Waals surface area contributed by atoms with Crippen LogP contribution in [0.3, 0.4) is 0 Å². The second kappa shape index (κ2) is 7.45. The van der Waals surface area contributed by atoms with Gasteiger partial charge in [-0.05, 0) is 51.3 Å². The summed E-state index contributed by atoms with van der Waals surface area (Å²) in [7, 11) is 0. The van der Waals surface area contributed by atoms with Crippen LogP contribution < -0.4 is 4.74 Å². The zero-order valence-corrected chi connectivity index (χ0v) is 15.6. The quantitative estimate of drug-likeness (QED) is 0.885. The highest BCUT2D eigenvalue weighted by atomic mass is 16.5. The first-order valence-electron chi connectivity index (χ1n) is 8.99. The average Bonchev–Trinajstić information content (AvgIpc) is 3.11. The van der Waals surface area contributed by atoms with E-state index in [2.05, 4.69) is 10.3 Å². The molecule has 0 aliphatic carbocycles. The van der Waals surface area contributed by atoms with Gasteiger partial charge in [-0.15, -0.1) is 5.10 Å². The lowest BCUT2D eigenvalue weighted by Crippen LogP contribution is -2.50. The van der Waals surface area contributed by atoms with Gasteiger partial charge in [0.05, 0.1) is 12.7 Å². The first-order chi connectivity index (χ1) is 12.4. The van der Waals surface area contributed by atoms with Gasteiger partial charge in [0.1, 0.15) is 17.0 Å². The molecule has 1 unspecified atom stereocenters. The standard InChI is InChI=1S/C19H26N4O3/c1-14(2)23-11-17(20-21-23)19(25)8-5-9-22(13-19)18(24)12-26-16-7-4-6-15(3)10-16/h4,6-7,10-11,14,25H,5,8-9,12-13H2,1-3H3. The smallest absolute Gasteiger partial charge is 0.260 e. The highest BCUT2D eigenvalue weighted by Crippen LogP contribution is 2.30. The monoisotopic (exact) mass is 358 g/mol. The van der Waals surface area contributed by atoms with Crippen LogP contribution >= 0.6 is 0 Å². The van der Waals surface area contributed by atoms with E-state index in [9.17, 15) is 9.90 Å². The number of aliphatic hydroxyl groups is 1. The van der Waals surface area contributed by atoms with Gasteiger partial charge in [-0.3, -0.25) is 4.79 Å². The molecule has 1 aliphatic rings. The number of aryl methyl sites for hydroxylation is 1. The minimum atomic E-state index is -1.16. The summed E-state index contributed by atoms with van der Waals surface area (Å²) < 4.78 is 7.32. The van der Waals surface area contributed by atoms with Crippen LogP contribution in [0.1, 0.15) is 44.0 Å². The maximum Gasteiger partial charge on any atom is 0.260 e. The molecule has 0 spiro atoms. The van der Waals surface area contributed by atoms with Crippen LogP contribution in [0.2, 0.25) is 0 Å². The molecule has 1 atom stereocenters. The van der Waals surface area contributed by atoms with E-state index in [0.29, 0.717) is 30.8 Å². The summed E-state index contributed by atoms with van der Waals surface area (Å²) in [6, 6.07) is 7.77. The van der Waals surface area contributed by atoms with Gasteiger partial charge in [0.25, 0.3) is 5.91 Å². The van der Waals surface area contributed by atoms with Crippen LogP contribution in [0.5, 0.6) is 5.75 Å². The first kappa shape index (κ1) is 18.4. The number of benzene rings is 1. The predicted octanol–water partition coefficient (Wildman–Crippen LogP) is 2.06. The molecule has 1 aromatic carbocycles. The fourth-order valence-corrected chi connectivity index (χ4v) is 3.14. The molecule has 26 heavy (non-hydrogen) atoms. The first-order valence-corrected chi connectivity index (χ1v) is 8.99. The van der Waals surface area contributed by atoms with Crippen molar-refractivity contribution in [2.24, 2.45) is 0 Å². The van der Waals surface area contributed by atoms with Gasteiger partial charge in [-0.1, -0.05) is 17.3 Å². The largest absolute Gasteiger partial charge is 0.484 e. The van der Waals surface area contributed by atoms with E-state index in [1.807, 2.05) is 45.0 Å². The van der Waals surface area contributed by atoms with E-state index >= 15 is 0 Å². The fourth-order valence-electron chi connectivity index (χ4n) is 3.14. The summed E-state index contributed by atoms with van der Waals surface area (Å²) in [4.78, 5) is 14.2. The van der Waals surface area contributed by atoms with Gasteiger partial charge < -0.3 is 14.7 Å². The summed E-state index contributed by atoms with van der Waals surface area (Å²) in [5, 5.41) is 19.2. The van der Waals surface area contributed by atoms with Crippen LogP contribution in [-0.2, 0) is 10.4 Å². The fraction of sp³-hybridized carbons (Fsp3) is 0.526. The van der Waals surface area contributed by atoms with Gasteiger partial charge >= 0.3 is 0 Å². The molecular weight excluding hydrogens is 332 g/mol. The second-order valence-corrected chi connectivity index (χ2v) is 7.23. The Morgan fingerprint density at radius 2 is 2.23 bits per heavy atom. The van der Waals surface area contributed by atoms with Crippen LogP contribution in [0, 0.1) is 6.92 Å². The van der Waals surface area contributed by atoms with Crippen molar-refractivity contribution in [3.05, 3.63) is 41.7 Å². The third kappa shape index (κ3) is 4.04. The number of hydrogen-bond donors (Lipinski definition) is 1. The number of hydrogen-bond acceptors (Lipinski definition) is 5. The van der Waals surface area contributed by atoms with E-state index in [4.69, 9.17) is 4.74 Å². The molecule has 140 valence electrons. The lowest BCUT2D eigenvalue weighted by molar-refractivity contribution is -0.141. The number of β-amino-alcohol motifs (C(OH)–C–C–N with tert-alkyl or cyclic N) is 1. The van der Waals surface area contributed by atoms with Gasteiger partial charge in [-0.25, -0.2) is 4.68 Å². The molecule has 7 nitrogen and oxygen atoms in total.